The predicted octanol–water partition coefficient (Wildman–Crippen LogP) is 1.13. The van der Waals surface area contributed by atoms with Crippen LogP contribution in [0.2, 0.25) is 0 Å². The number of benzene rings is 1. The molecule has 1 aromatic carbocycles. The topological polar surface area (TPSA) is 9.23 Å². The monoisotopic (exact) mass is 401 g/mol. The van der Waals surface area contributed by atoms with Gasteiger partial charge in [-0.05, 0) is 25.3 Å². The van der Waals surface area contributed by atoms with Crippen molar-refractivity contribution in [1.82, 2.24) is 0 Å². The predicted molar refractivity (Wildman–Crippen MR) is 82.2 cm³/mol. The highest BCUT2D eigenvalue weighted by atomic mass is 127. The summed E-state index contributed by atoms with van der Waals surface area (Å²) >= 11 is 0. The van der Waals surface area contributed by atoms with E-state index in [9.17, 15) is 0 Å². The second-order valence-electron chi connectivity index (χ2n) is 7.13. The standard InChI is InChI=1S/C18H28NO.HI/c1-14-17(15-10-6-4-7-11-15)20-18(19(14,2)3)16-12-8-5-9-13-16;/h4,6-7,10-11,14,16-18H,5,8-9,12-13H2,1-3H3;1H/q+1;/p-1/t14-,17-,18-;/m0./s1. The van der Waals surface area contributed by atoms with E-state index >= 15 is 0 Å². The molecule has 3 rings (SSSR count). The Morgan fingerprint density at radius 1 is 1.00 bits per heavy atom. The van der Waals surface area contributed by atoms with Crippen LogP contribution in [0.1, 0.15) is 50.7 Å². The first-order chi connectivity index (χ1) is 9.60. The molecule has 0 aromatic heterocycles. The Morgan fingerprint density at radius 3 is 2.24 bits per heavy atom. The minimum atomic E-state index is 0. The molecule has 2 aliphatic rings. The van der Waals surface area contributed by atoms with E-state index in [0.717, 1.165) is 10.4 Å². The van der Waals surface area contributed by atoms with Crippen LogP contribution >= 0.6 is 0 Å². The van der Waals surface area contributed by atoms with E-state index in [1.54, 1.807) is 0 Å². The molecule has 0 radical (unpaired) electrons. The molecule has 1 aliphatic heterocycles. The van der Waals surface area contributed by atoms with Crippen LogP contribution in [0.4, 0.5) is 0 Å². The van der Waals surface area contributed by atoms with Gasteiger partial charge in [0.1, 0.15) is 12.1 Å². The molecule has 2 fully saturated rings. The van der Waals surface area contributed by atoms with Gasteiger partial charge in [0.05, 0.1) is 14.1 Å². The van der Waals surface area contributed by atoms with E-state index in [4.69, 9.17) is 4.74 Å². The summed E-state index contributed by atoms with van der Waals surface area (Å²) in [7, 11) is 4.71. The van der Waals surface area contributed by atoms with Gasteiger partial charge in [-0.25, -0.2) is 0 Å². The van der Waals surface area contributed by atoms with Crippen LogP contribution in [0.5, 0.6) is 0 Å². The van der Waals surface area contributed by atoms with Crippen LogP contribution in [0.15, 0.2) is 30.3 Å². The second kappa shape index (κ2) is 6.97. The van der Waals surface area contributed by atoms with Crippen molar-refractivity contribution in [3.63, 3.8) is 0 Å². The highest BCUT2D eigenvalue weighted by Crippen LogP contribution is 2.44. The number of likely N-dealkylation sites (N-methyl/N-ethyl adjacent to an activating group) is 1. The summed E-state index contributed by atoms with van der Waals surface area (Å²) in [5.41, 5.74) is 1.34. The van der Waals surface area contributed by atoms with Gasteiger partial charge in [0.15, 0.2) is 6.23 Å². The summed E-state index contributed by atoms with van der Waals surface area (Å²) in [4.78, 5) is 0. The fourth-order valence-corrected chi connectivity index (χ4v) is 4.08. The first-order valence-corrected chi connectivity index (χ1v) is 8.14. The summed E-state index contributed by atoms with van der Waals surface area (Å²) in [6, 6.07) is 11.3. The minimum absolute atomic E-state index is 0. The summed E-state index contributed by atoms with van der Waals surface area (Å²) in [6.45, 7) is 2.35. The van der Waals surface area contributed by atoms with Gasteiger partial charge in [0, 0.05) is 5.92 Å². The molecule has 0 N–H and O–H groups in total. The maximum absolute atomic E-state index is 6.59. The Morgan fingerprint density at radius 2 is 1.62 bits per heavy atom. The number of nitrogens with zero attached hydrogens (tertiary/aromatic N) is 1. The maximum Gasteiger partial charge on any atom is 0.197 e. The highest BCUT2D eigenvalue weighted by Gasteiger charge is 2.51. The van der Waals surface area contributed by atoms with Crippen LogP contribution in [-0.2, 0) is 4.74 Å². The quantitative estimate of drug-likeness (QED) is 0.534. The zero-order chi connectivity index (χ0) is 14.2. The number of ether oxygens (including phenoxy) is 1. The first kappa shape index (κ1) is 17.2. The lowest BCUT2D eigenvalue weighted by molar-refractivity contribution is -0.938. The molecule has 1 aliphatic carbocycles. The SMILES string of the molecule is C[C@H]1[C@@H](c2ccccc2)O[C@@H](C2CCCCC2)[N+]1(C)C.[I-]. The van der Waals surface area contributed by atoms with Crippen LogP contribution in [0.3, 0.4) is 0 Å². The van der Waals surface area contributed by atoms with Gasteiger partial charge in [-0.2, -0.15) is 0 Å². The third-order valence-electron chi connectivity index (χ3n) is 5.61. The second-order valence-corrected chi connectivity index (χ2v) is 7.13. The van der Waals surface area contributed by atoms with Gasteiger partial charge in [0.2, 0.25) is 0 Å². The normalized spacial score (nSPS) is 32.6. The number of quaternary nitrogens is 1. The molecular weight excluding hydrogens is 373 g/mol. The van der Waals surface area contributed by atoms with Gasteiger partial charge < -0.3 is 28.7 Å². The largest absolute Gasteiger partial charge is 1.00 e. The number of hydrogen-bond donors (Lipinski definition) is 0. The van der Waals surface area contributed by atoms with Crippen LogP contribution in [-0.4, -0.2) is 30.8 Å². The zero-order valence-corrected chi connectivity index (χ0v) is 15.6. The van der Waals surface area contributed by atoms with Crippen molar-refractivity contribution >= 4 is 0 Å². The van der Waals surface area contributed by atoms with E-state index in [-0.39, 0.29) is 30.1 Å². The van der Waals surface area contributed by atoms with Gasteiger partial charge in [-0.1, -0.05) is 49.6 Å². The molecule has 1 heterocycles. The van der Waals surface area contributed by atoms with Crippen LogP contribution in [0.25, 0.3) is 0 Å². The molecule has 1 saturated heterocycles. The van der Waals surface area contributed by atoms with E-state index in [1.165, 1.54) is 37.7 Å². The van der Waals surface area contributed by atoms with Crippen LogP contribution in [0, 0.1) is 5.92 Å². The van der Waals surface area contributed by atoms with Crippen molar-refractivity contribution in [2.24, 2.45) is 5.92 Å². The molecule has 1 saturated carbocycles. The lowest BCUT2D eigenvalue weighted by Gasteiger charge is -2.38. The molecule has 0 unspecified atom stereocenters. The molecule has 2 nitrogen and oxygen atoms in total. The minimum Gasteiger partial charge on any atom is -1.00 e. The van der Waals surface area contributed by atoms with Crippen molar-refractivity contribution in [2.75, 3.05) is 14.1 Å². The highest BCUT2D eigenvalue weighted by molar-refractivity contribution is 5.19. The zero-order valence-electron chi connectivity index (χ0n) is 13.5. The van der Waals surface area contributed by atoms with Crippen LogP contribution < -0.4 is 24.0 Å². The molecule has 0 amide bonds. The third kappa shape index (κ3) is 3.30. The molecule has 118 valence electrons. The molecule has 21 heavy (non-hydrogen) atoms. The van der Waals surface area contributed by atoms with E-state index in [0.29, 0.717) is 12.3 Å². The Hall–Kier alpha value is -0.130. The molecule has 0 spiro atoms. The molecule has 3 atom stereocenters. The van der Waals surface area contributed by atoms with E-state index < -0.39 is 0 Å². The van der Waals surface area contributed by atoms with Crippen molar-refractivity contribution < 1.29 is 33.2 Å². The Kier molecular flexibility index (Phi) is 5.71. The van der Waals surface area contributed by atoms with Crippen molar-refractivity contribution in [1.29, 1.82) is 0 Å². The maximum atomic E-state index is 6.59. The van der Waals surface area contributed by atoms with Gasteiger partial charge in [0.25, 0.3) is 0 Å². The van der Waals surface area contributed by atoms with Gasteiger partial charge in [-0.15, -0.1) is 0 Å². The first-order valence-electron chi connectivity index (χ1n) is 8.14. The van der Waals surface area contributed by atoms with Crippen molar-refractivity contribution in [3.8, 4) is 0 Å². The Labute approximate surface area is 146 Å². The number of hydrogen-bond acceptors (Lipinski definition) is 1. The van der Waals surface area contributed by atoms with E-state index in [2.05, 4.69) is 51.4 Å². The summed E-state index contributed by atoms with van der Waals surface area (Å²) < 4.78 is 7.59. The smallest absolute Gasteiger partial charge is 0.197 e. The van der Waals surface area contributed by atoms with Gasteiger partial charge in [-0.3, -0.25) is 4.48 Å². The van der Waals surface area contributed by atoms with Gasteiger partial charge >= 0.3 is 0 Å². The summed E-state index contributed by atoms with van der Waals surface area (Å²) in [6.07, 6.45) is 7.49. The molecule has 3 heteroatoms. The number of rotatable bonds is 2. The average molecular weight is 401 g/mol. The molecule has 1 aromatic rings. The lowest BCUT2D eigenvalue weighted by Crippen LogP contribution is -3.00. The number of halogens is 1. The summed E-state index contributed by atoms with van der Waals surface area (Å²) in [5, 5.41) is 0. The van der Waals surface area contributed by atoms with Crippen molar-refractivity contribution in [3.05, 3.63) is 35.9 Å². The fourth-order valence-electron chi connectivity index (χ4n) is 4.08. The lowest BCUT2D eigenvalue weighted by atomic mass is 9.87. The molecular formula is C18H28INO. The average Bonchev–Trinajstić information content (AvgIpc) is 2.72. The Bertz CT molecular complexity index is 442. The molecule has 0 bridgehead atoms. The van der Waals surface area contributed by atoms with Crippen molar-refractivity contribution in [2.45, 2.75) is 57.4 Å². The van der Waals surface area contributed by atoms with E-state index in [1.807, 2.05) is 0 Å². The third-order valence-corrected chi connectivity index (χ3v) is 5.61. The Balaban J connectivity index is 0.00000161. The summed E-state index contributed by atoms with van der Waals surface area (Å²) in [5.74, 6) is 0.745. The fraction of sp³-hybridized carbons (Fsp3) is 0.667.